The number of anilines is 3. The van der Waals surface area contributed by atoms with E-state index in [4.69, 9.17) is 16.3 Å². The van der Waals surface area contributed by atoms with Gasteiger partial charge in [0, 0.05) is 85.0 Å². The highest BCUT2D eigenvalue weighted by atomic mass is 35.5. The molecule has 1 saturated heterocycles. The van der Waals surface area contributed by atoms with Gasteiger partial charge in [-0.05, 0) is 49.4 Å². The Hall–Kier alpha value is -4.12. The zero-order valence-corrected chi connectivity index (χ0v) is 25.4. The lowest BCUT2D eigenvalue weighted by molar-refractivity contribution is 0.102. The second-order valence-electron chi connectivity index (χ2n) is 10.9. The maximum absolute atomic E-state index is 13.8. The lowest BCUT2D eigenvalue weighted by atomic mass is 10.1. The third-order valence-corrected chi connectivity index (χ3v) is 8.68. The number of rotatable bonds is 8. The van der Waals surface area contributed by atoms with Crippen LogP contribution < -0.4 is 19.9 Å². The lowest BCUT2D eigenvalue weighted by Crippen LogP contribution is -2.47. The zero-order valence-electron chi connectivity index (χ0n) is 24.7. The number of likely N-dealkylation sites (N-methyl/N-ethyl adjacent to an activating group) is 1. The van der Waals surface area contributed by atoms with Gasteiger partial charge in [0.25, 0.3) is 5.91 Å². The van der Waals surface area contributed by atoms with Crippen LogP contribution in [0.1, 0.15) is 35.3 Å². The van der Waals surface area contributed by atoms with E-state index in [1.165, 1.54) is 0 Å². The number of nitrogens with one attached hydrogen (secondary N) is 2. The number of carbonyl (C=O) groups excluding carboxylic acids is 2. The summed E-state index contributed by atoms with van der Waals surface area (Å²) in [6.45, 7) is 10.9. The maximum Gasteiger partial charge on any atom is 0.329 e. The summed E-state index contributed by atoms with van der Waals surface area (Å²) in [5.41, 5.74) is 5.07. The molecule has 2 aliphatic heterocycles. The van der Waals surface area contributed by atoms with Crippen LogP contribution >= 0.6 is 11.6 Å². The number of piperazine rings is 1. The molecule has 0 aliphatic carbocycles. The van der Waals surface area contributed by atoms with Crippen molar-refractivity contribution in [1.82, 2.24) is 19.8 Å². The number of methoxy groups -OCH3 is 1. The molecule has 0 saturated carbocycles. The van der Waals surface area contributed by atoms with Crippen molar-refractivity contribution in [3.63, 3.8) is 0 Å². The van der Waals surface area contributed by atoms with E-state index in [0.717, 1.165) is 67.1 Å². The van der Waals surface area contributed by atoms with Gasteiger partial charge in [0.2, 0.25) is 0 Å². The van der Waals surface area contributed by atoms with Gasteiger partial charge in [0.15, 0.2) is 0 Å². The second kappa shape index (κ2) is 12.2. The van der Waals surface area contributed by atoms with Crippen LogP contribution in [-0.4, -0.2) is 78.1 Å². The number of urea groups is 1. The van der Waals surface area contributed by atoms with E-state index in [-0.39, 0.29) is 11.9 Å². The quantitative estimate of drug-likeness (QED) is 0.274. The van der Waals surface area contributed by atoms with Gasteiger partial charge in [0.05, 0.1) is 25.0 Å². The van der Waals surface area contributed by atoms with Gasteiger partial charge in [-0.3, -0.25) is 19.5 Å². The Balaban J connectivity index is 1.21. The van der Waals surface area contributed by atoms with Crippen molar-refractivity contribution in [2.45, 2.75) is 26.9 Å². The summed E-state index contributed by atoms with van der Waals surface area (Å²) in [4.78, 5) is 43.1. The fourth-order valence-corrected chi connectivity index (χ4v) is 6.13. The molecule has 0 unspecified atom stereocenters. The van der Waals surface area contributed by atoms with E-state index in [1.807, 2.05) is 31.3 Å². The van der Waals surface area contributed by atoms with Crippen molar-refractivity contribution in [2.24, 2.45) is 0 Å². The topological polar surface area (TPSA) is 97.0 Å². The van der Waals surface area contributed by atoms with Crippen molar-refractivity contribution in [1.29, 1.82) is 0 Å². The molecule has 0 atom stereocenters. The summed E-state index contributed by atoms with van der Waals surface area (Å²) in [6.07, 6.45) is 3.62. The van der Waals surface area contributed by atoms with Gasteiger partial charge in [0.1, 0.15) is 11.4 Å². The molecule has 10 nitrogen and oxygen atoms in total. The third-order valence-electron chi connectivity index (χ3n) is 8.33. The average Bonchev–Trinajstić information content (AvgIpc) is 3.51. The molecule has 4 heterocycles. The SMILES string of the molecule is CCN1CCN(Cc2ccc(NC(=O)c3cc(OC)cc(N4Cc5cnc6[nH]ccc6c5N(CC)C4=O)c3)cc2Cl)CC1. The first kappa shape index (κ1) is 29.0. The number of fused-ring (bicyclic) bond motifs is 3. The summed E-state index contributed by atoms with van der Waals surface area (Å²) in [5, 5.41) is 4.48. The molecule has 3 amide bonds. The number of hydrogen-bond acceptors (Lipinski definition) is 6. The monoisotopic (exact) mass is 601 g/mol. The summed E-state index contributed by atoms with van der Waals surface area (Å²) in [6, 6.07) is 12.5. The predicted molar refractivity (Wildman–Crippen MR) is 170 cm³/mol. The van der Waals surface area contributed by atoms with Gasteiger partial charge in [-0.25, -0.2) is 9.78 Å². The summed E-state index contributed by atoms with van der Waals surface area (Å²) in [7, 11) is 1.54. The van der Waals surface area contributed by atoms with E-state index < -0.39 is 0 Å². The number of nitrogens with zero attached hydrogens (tertiary/aromatic N) is 5. The third kappa shape index (κ3) is 5.78. The van der Waals surface area contributed by atoms with E-state index in [2.05, 4.69) is 32.0 Å². The first-order valence-electron chi connectivity index (χ1n) is 14.7. The maximum atomic E-state index is 13.8. The number of ether oxygens (including phenoxy) is 1. The van der Waals surface area contributed by atoms with E-state index in [9.17, 15) is 9.59 Å². The molecule has 11 heteroatoms. The molecule has 0 bridgehead atoms. The van der Waals surface area contributed by atoms with Crippen molar-refractivity contribution in [3.8, 4) is 5.75 Å². The van der Waals surface area contributed by atoms with Crippen LogP contribution in [0.2, 0.25) is 5.02 Å². The molecule has 2 N–H and O–H groups in total. The smallest absolute Gasteiger partial charge is 0.329 e. The first-order chi connectivity index (χ1) is 20.9. The molecule has 6 rings (SSSR count). The number of aromatic nitrogens is 2. The molecule has 0 spiro atoms. The molecule has 4 aromatic rings. The molecule has 2 aliphatic rings. The zero-order chi connectivity index (χ0) is 30.1. The summed E-state index contributed by atoms with van der Waals surface area (Å²) in [5.74, 6) is 0.146. The van der Waals surface area contributed by atoms with E-state index >= 15 is 0 Å². The minimum atomic E-state index is -0.326. The van der Waals surface area contributed by atoms with Crippen LogP contribution in [0.3, 0.4) is 0 Å². The number of aromatic amines is 1. The second-order valence-corrected chi connectivity index (χ2v) is 11.3. The molecular weight excluding hydrogens is 566 g/mol. The minimum Gasteiger partial charge on any atom is -0.497 e. The summed E-state index contributed by atoms with van der Waals surface area (Å²) >= 11 is 6.66. The Bertz CT molecular complexity index is 1660. The standard InChI is InChI=1S/C32H36ClN7O3/c1-4-37-10-12-38(13-11-37)19-21-6-7-24(16-28(21)33)36-31(41)22-14-25(17-26(15-22)43-3)40-20-23-18-35-30-27(8-9-34-30)29(23)39(5-2)32(40)42/h6-9,14-18H,4-5,10-13,19-20H2,1-3H3,(H,34,35)(H,36,41). The first-order valence-corrected chi connectivity index (χ1v) is 15.0. The Morgan fingerprint density at radius 3 is 2.56 bits per heavy atom. The molecule has 1 fully saturated rings. The lowest BCUT2D eigenvalue weighted by Gasteiger charge is -2.37. The number of benzene rings is 2. The number of hydrogen-bond donors (Lipinski definition) is 2. The number of pyridine rings is 1. The van der Waals surface area contributed by atoms with Crippen LogP contribution in [0.4, 0.5) is 21.9 Å². The molecule has 224 valence electrons. The molecular formula is C32H36ClN7O3. The average molecular weight is 602 g/mol. The van der Waals surface area contributed by atoms with Crippen LogP contribution in [0.15, 0.2) is 54.9 Å². The van der Waals surface area contributed by atoms with Crippen LogP contribution in [0.25, 0.3) is 11.0 Å². The molecule has 2 aromatic heterocycles. The number of carbonyl (C=O) groups is 2. The highest BCUT2D eigenvalue weighted by Crippen LogP contribution is 2.37. The van der Waals surface area contributed by atoms with Crippen molar-refractivity contribution in [2.75, 3.05) is 61.5 Å². The van der Waals surface area contributed by atoms with Gasteiger partial charge < -0.3 is 19.9 Å². The fourth-order valence-electron chi connectivity index (χ4n) is 5.89. The van der Waals surface area contributed by atoms with Gasteiger partial charge >= 0.3 is 6.03 Å². The Morgan fingerprint density at radius 2 is 1.84 bits per heavy atom. The largest absolute Gasteiger partial charge is 0.497 e. The van der Waals surface area contributed by atoms with Gasteiger partial charge in [-0.2, -0.15) is 0 Å². The summed E-state index contributed by atoms with van der Waals surface area (Å²) < 4.78 is 5.54. The van der Waals surface area contributed by atoms with Crippen LogP contribution in [-0.2, 0) is 13.1 Å². The van der Waals surface area contributed by atoms with Crippen LogP contribution in [0.5, 0.6) is 5.75 Å². The van der Waals surface area contributed by atoms with Gasteiger partial charge in [-0.15, -0.1) is 0 Å². The number of amides is 3. The van der Waals surface area contributed by atoms with Crippen LogP contribution in [0, 0.1) is 0 Å². The van der Waals surface area contributed by atoms with Crippen molar-refractivity contribution < 1.29 is 14.3 Å². The molecule has 2 aromatic carbocycles. The Morgan fingerprint density at radius 1 is 1.05 bits per heavy atom. The fraction of sp³-hybridized carbons (Fsp3) is 0.344. The normalized spacial score (nSPS) is 16.0. The highest BCUT2D eigenvalue weighted by molar-refractivity contribution is 6.31. The van der Waals surface area contributed by atoms with Crippen molar-refractivity contribution >= 4 is 51.6 Å². The molecule has 43 heavy (non-hydrogen) atoms. The number of H-pyrrole nitrogens is 1. The molecule has 0 radical (unpaired) electrons. The number of halogens is 1. The highest BCUT2D eigenvalue weighted by Gasteiger charge is 2.33. The van der Waals surface area contributed by atoms with E-state index in [0.29, 0.717) is 40.8 Å². The minimum absolute atomic E-state index is 0.179. The predicted octanol–water partition coefficient (Wildman–Crippen LogP) is 5.58. The Labute approximate surface area is 256 Å². The Kier molecular flexibility index (Phi) is 8.25. The van der Waals surface area contributed by atoms with Gasteiger partial charge in [-0.1, -0.05) is 24.6 Å². The van der Waals surface area contributed by atoms with E-state index in [1.54, 1.807) is 47.4 Å². The van der Waals surface area contributed by atoms with Crippen molar-refractivity contribution in [3.05, 3.63) is 76.6 Å².